The second kappa shape index (κ2) is 8.00. The standard InChI is InChI=1S/C22H22N4O2/c27-21(23-11-9-16-14-25-19-8-4-2-6-17(16)19)10-12-24-22(28)20-13-15-5-1-3-7-18(15)26-20/h1-8,13-14,25-26H,9-12H2,(H,23,27)(H,24,28). The highest BCUT2D eigenvalue weighted by atomic mass is 16.2. The van der Waals surface area contributed by atoms with Crippen LogP contribution in [0.5, 0.6) is 0 Å². The summed E-state index contributed by atoms with van der Waals surface area (Å²) in [6, 6.07) is 17.6. The van der Waals surface area contributed by atoms with Crippen LogP contribution < -0.4 is 10.6 Å². The second-order valence-corrected chi connectivity index (χ2v) is 6.74. The van der Waals surface area contributed by atoms with Crippen LogP contribution in [0.25, 0.3) is 21.8 Å². The highest BCUT2D eigenvalue weighted by molar-refractivity contribution is 5.98. The molecule has 2 heterocycles. The lowest BCUT2D eigenvalue weighted by molar-refractivity contribution is -0.120. The van der Waals surface area contributed by atoms with Crippen molar-refractivity contribution >= 4 is 33.6 Å². The molecule has 0 atom stereocenters. The monoisotopic (exact) mass is 374 g/mol. The summed E-state index contributed by atoms with van der Waals surface area (Å²) in [5.41, 5.74) is 3.70. The van der Waals surface area contributed by atoms with Gasteiger partial charge in [-0.25, -0.2) is 0 Å². The van der Waals surface area contributed by atoms with Crippen molar-refractivity contribution in [1.82, 2.24) is 20.6 Å². The summed E-state index contributed by atoms with van der Waals surface area (Å²) in [5.74, 6) is -0.278. The Balaban J connectivity index is 1.20. The largest absolute Gasteiger partial charge is 0.361 e. The lowest BCUT2D eigenvalue weighted by Gasteiger charge is -2.06. The van der Waals surface area contributed by atoms with E-state index in [1.54, 1.807) is 0 Å². The van der Waals surface area contributed by atoms with E-state index < -0.39 is 0 Å². The van der Waals surface area contributed by atoms with Crippen molar-refractivity contribution < 1.29 is 9.59 Å². The van der Waals surface area contributed by atoms with Crippen molar-refractivity contribution in [1.29, 1.82) is 0 Å². The maximum Gasteiger partial charge on any atom is 0.267 e. The minimum atomic E-state index is -0.206. The number of carbonyl (C=O) groups is 2. The average Bonchev–Trinajstić information content (AvgIpc) is 3.32. The van der Waals surface area contributed by atoms with Crippen molar-refractivity contribution in [3.8, 4) is 0 Å². The summed E-state index contributed by atoms with van der Waals surface area (Å²) in [4.78, 5) is 30.5. The minimum absolute atomic E-state index is 0.0724. The summed E-state index contributed by atoms with van der Waals surface area (Å²) in [6.45, 7) is 0.865. The van der Waals surface area contributed by atoms with Gasteiger partial charge in [0.15, 0.2) is 0 Å². The topological polar surface area (TPSA) is 89.8 Å². The molecule has 142 valence electrons. The molecule has 0 saturated carbocycles. The van der Waals surface area contributed by atoms with Crippen LogP contribution in [0.15, 0.2) is 60.8 Å². The van der Waals surface area contributed by atoms with Crippen LogP contribution in [-0.4, -0.2) is 34.9 Å². The van der Waals surface area contributed by atoms with Gasteiger partial charge in [0.25, 0.3) is 5.91 Å². The highest BCUT2D eigenvalue weighted by Crippen LogP contribution is 2.17. The second-order valence-electron chi connectivity index (χ2n) is 6.74. The van der Waals surface area contributed by atoms with Gasteiger partial charge in [0.1, 0.15) is 5.69 Å². The van der Waals surface area contributed by atoms with Crippen LogP contribution in [0, 0.1) is 0 Å². The van der Waals surface area contributed by atoms with E-state index >= 15 is 0 Å². The Kier molecular flexibility index (Phi) is 5.10. The number of hydrogen-bond acceptors (Lipinski definition) is 2. The molecule has 0 spiro atoms. The van der Waals surface area contributed by atoms with E-state index in [1.165, 1.54) is 10.9 Å². The van der Waals surface area contributed by atoms with Gasteiger partial charge >= 0.3 is 0 Å². The molecule has 2 amide bonds. The molecule has 0 bridgehead atoms. The molecule has 4 rings (SSSR count). The average molecular weight is 374 g/mol. The molecule has 2 aromatic carbocycles. The summed E-state index contributed by atoms with van der Waals surface area (Å²) < 4.78 is 0. The van der Waals surface area contributed by atoms with E-state index in [-0.39, 0.29) is 18.2 Å². The minimum Gasteiger partial charge on any atom is -0.361 e. The smallest absolute Gasteiger partial charge is 0.267 e. The maximum absolute atomic E-state index is 12.2. The third kappa shape index (κ3) is 3.91. The van der Waals surface area contributed by atoms with Gasteiger partial charge in [-0.2, -0.15) is 0 Å². The highest BCUT2D eigenvalue weighted by Gasteiger charge is 2.10. The Hall–Kier alpha value is -3.54. The molecule has 6 heteroatoms. The number of amides is 2. The third-order valence-electron chi connectivity index (χ3n) is 4.80. The molecule has 4 N–H and O–H groups in total. The normalized spacial score (nSPS) is 11.0. The zero-order valence-corrected chi connectivity index (χ0v) is 15.4. The fourth-order valence-electron chi connectivity index (χ4n) is 3.34. The van der Waals surface area contributed by atoms with Crippen LogP contribution in [0.2, 0.25) is 0 Å². The van der Waals surface area contributed by atoms with E-state index in [9.17, 15) is 9.59 Å². The molecule has 0 aliphatic heterocycles. The van der Waals surface area contributed by atoms with Gasteiger partial charge in [-0.05, 0) is 30.2 Å². The number of hydrogen-bond donors (Lipinski definition) is 4. The molecule has 0 fully saturated rings. The van der Waals surface area contributed by atoms with Gasteiger partial charge in [-0.1, -0.05) is 36.4 Å². The zero-order chi connectivity index (χ0) is 19.3. The molecule has 0 aliphatic rings. The summed E-state index contributed by atoms with van der Waals surface area (Å²) in [5, 5.41) is 7.86. The third-order valence-corrected chi connectivity index (χ3v) is 4.80. The van der Waals surface area contributed by atoms with E-state index in [0.717, 1.165) is 22.8 Å². The molecule has 4 aromatic rings. The molecule has 0 saturated heterocycles. The van der Waals surface area contributed by atoms with Crippen molar-refractivity contribution in [3.63, 3.8) is 0 Å². The number of H-pyrrole nitrogens is 2. The molecular formula is C22H22N4O2. The number of nitrogens with one attached hydrogen (secondary N) is 4. The summed E-state index contributed by atoms with van der Waals surface area (Å²) >= 11 is 0. The summed E-state index contributed by atoms with van der Waals surface area (Å²) in [7, 11) is 0. The van der Waals surface area contributed by atoms with Gasteiger partial charge in [-0.3, -0.25) is 9.59 Å². The van der Waals surface area contributed by atoms with Crippen LogP contribution >= 0.6 is 0 Å². The number of aromatic nitrogens is 2. The maximum atomic E-state index is 12.2. The van der Waals surface area contributed by atoms with Crippen LogP contribution in [0.3, 0.4) is 0 Å². The van der Waals surface area contributed by atoms with Crippen LogP contribution in [-0.2, 0) is 11.2 Å². The Morgan fingerprint density at radius 3 is 2.54 bits per heavy atom. The van der Waals surface area contributed by atoms with Crippen LogP contribution in [0.1, 0.15) is 22.5 Å². The van der Waals surface area contributed by atoms with E-state index in [0.29, 0.717) is 18.8 Å². The Bertz CT molecular complexity index is 1090. The first-order chi connectivity index (χ1) is 13.7. The van der Waals surface area contributed by atoms with Gasteiger partial charge < -0.3 is 20.6 Å². The van der Waals surface area contributed by atoms with Crippen molar-refractivity contribution in [3.05, 3.63) is 72.1 Å². The number of rotatable bonds is 7. The van der Waals surface area contributed by atoms with Crippen molar-refractivity contribution in [2.75, 3.05) is 13.1 Å². The first-order valence-corrected chi connectivity index (χ1v) is 9.38. The van der Waals surface area contributed by atoms with E-state index in [2.05, 4.69) is 26.7 Å². The number of para-hydroxylation sites is 2. The fourth-order valence-corrected chi connectivity index (χ4v) is 3.34. The fraction of sp³-hybridized carbons (Fsp3) is 0.182. The van der Waals surface area contributed by atoms with Gasteiger partial charge in [0.05, 0.1) is 0 Å². The number of benzene rings is 2. The molecule has 2 aromatic heterocycles. The Morgan fingerprint density at radius 2 is 1.68 bits per heavy atom. The predicted octanol–water partition coefficient (Wildman–Crippen LogP) is 3.13. The predicted molar refractivity (Wildman–Crippen MR) is 110 cm³/mol. The van der Waals surface area contributed by atoms with E-state index in [4.69, 9.17) is 0 Å². The van der Waals surface area contributed by atoms with Gasteiger partial charge in [0, 0.05) is 47.5 Å². The molecule has 6 nitrogen and oxygen atoms in total. The molecular weight excluding hydrogens is 352 g/mol. The Morgan fingerprint density at radius 1 is 0.893 bits per heavy atom. The number of fused-ring (bicyclic) bond motifs is 2. The van der Waals surface area contributed by atoms with Gasteiger partial charge in [-0.15, -0.1) is 0 Å². The molecule has 0 unspecified atom stereocenters. The quantitative estimate of drug-likeness (QED) is 0.400. The SMILES string of the molecule is O=C(CCNC(=O)c1cc2ccccc2[nH]1)NCCc1c[nH]c2ccccc12. The number of carbonyl (C=O) groups excluding carboxylic acids is 2. The van der Waals surface area contributed by atoms with Crippen molar-refractivity contribution in [2.45, 2.75) is 12.8 Å². The van der Waals surface area contributed by atoms with Gasteiger partial charge in [0.2, 0.25) is 5.91 Å². The first-order valence-electron chi connectivity index (χ1n) is 9.38. The molecule has 28 heavy (non-hydrogen) atoms. The zero-order valence-electron chi connectivity index (χ0n) is 15.4. The van der Waals surface area contributed by atoms with Crippen molar-refractivity contribution in [2.24, 2.45) is 0 Å². The Labute approximate surface area is 162 Å². The van der Waals surface area contributed by atoms with E-state index in [1.807, 2.05) is 54.7 Å². The lowest BCUT2D eigenvalue weighted by Crippen LogP contribution is -2.31. The molecule has 0 aliphatic carbocycles. The molecule has 0 radical (unpaired) electrons. The lowest BCUT2D eigenvalue weighted by atomic mass is 10.1. The number of aromatic amines is 2. The summed E-state index contributed by atoms with van der Waals surface area (Å²) in [6.07, 6.45) is 2.99. The first kappa shape index (κ1) is 17.9. The van der Waals surface area contributed by atoms with Crippen LogP contribution in [0.4, 0.5) is 0 Å².